The van der Waals surface area contributed by atoms with E-state index in [1.807, 2.05) is 74.5 Å². The maximum absolute atomic E-state index is 11.9. The van der Waals surface area contributed by atoms with E-state index in [4.69, 9.17) is 31.1 Å². The summed E-state index contributed by atoms with van der Waals surface area (Å²) in [5, 5.41) is 26.0. The lowest BCUT2D eigenvalue weighted by atomic mass is 9.77. The Morgan fingerprint density at radius 1 is 0.576 bits per heavy atom. The minimum absolute atomic E-state index is 0.222. The molecule has 0 aliphatic heterocycles. The lowest BCUT2D eigenvalue weighted by molar-refractivity contribution is 0.0496. The number of carbonyl (C=O) groups is 3. The molecule has 0 saturated heterocycles. The van der Waals surface area contributed by atoms with Crippen molar-refractivity contribution in [3.63, 3.8) is 0 Å². The van der Waals surface area contributed by atoms with Crippen molar-refractivity contribution in [2.75, 3.05) is 6.61 Å². The van der Waals surface area contributed by atoms with Crippen LogP contribution in [0.1, 0.15) is 100 Å². The Morgan fingerprint density at radius 2 is 1.05 bits per heavy atom. The van der Waals surface area contributed by atoms with E-state index in [1.165, 1.54) is 44.1 Å². The molecule has 0 aliphatic rings. The Hall–Kier alpha value is -6.75. The lowest BCUT2D eigenvalue weighted by Gasteiger charge is -2.06. The fourth-order valence-corrected chi connectivity index (χ4v) is 6.10. The van der Waals surface area contributed by atoms with E-state index in [-0.39, 0.29) is 5.97 Å². The number of aromatic carboxylic acids is 1. The number of hydrogen-bond donors (Lipinski definition) is 3. The minimum atomic E-state index is -1.35. The number of hydrogen-bond acceptors (Lipinski definition) is 7. The summed E-state index contributed by atoms with van der Waals surface area (Å²) >= 11 is 6.55. The molecule has 5 rings (SSSR count). The van der Waals surface area contributed by atoms with E-state index in [0.29, 0.717) is 28.8 Å². The maximum atomic E-state index is 11.9. The van der Waals surface area contributed by atoms with Crippen LogP contribution in [0.2, 0.25) is 0 Å². The second kappa shape index (κ2) is 33.7. The van der Waals surface area contributed by atoms with E-state index in [2.05, 4.69) is 92.3 Å². The third-order valence-electron chi connectivity index (χ3n) is 9.09. The molecule has 0 amide bonds. The number of unbranched alkanes of at least 4 members (excludes halogenated alkanes) is 7. The first-order valence-electron chi connectivity index (χ1n) is 21.0. The molecule has 0 aliphatic carbocycles. The second-order valence-electron chi connectivity index (χ2n) is 14.1. The summed E-state index contributed by atoms with van der Waals surface area (Å²) in [5.74, 6) is 17.3. The van der Waals surface area contributed by atoms with E-state index in [1.54, 1.807) is 60.7 Å². The van der Waals surface area contributed by atoms with Gasteiger partial charge in [0.25, 0.3) is 0 Å². The Labute approximate surface area is 407 Å². The van der Waals surface area contributed by atoms with Crippen LogP contribution in [-0.2, 0) is 9.47 Å². The smallest absolute Gasteiger partial charge is 0.478 e. The zero-order chi connectivity index (χ0) is 48.4. The zero-order valence-corrected chi connectivity index (χ0v) is 40.4. The van der Waals surface area contributed by atoms with Crippen LogP contribution in [0.4, 0.5) is 0 Å². The van der Waals surface area contributed by atoms with Gasteiger partial charge in [0.05, 0.1) is 23.3 Å². The molecule has 11 heteroatoms. The molecule has 8 nitrogen and oxygen atoms in total. The number of carboxylic acid groups (broad SMARTS) is 1. The molecule has 0 saturated carbocycles. The molecular formula is C55H51BBr2O8. The van der Waals surface area contributed by atoms with Crippen LogP contribution in [0.25, 0.3) is 11.1 Å². The monoisotopic (exact) mass is 1010 g/mol. The Balaban J connectivity index is 0.000000328. The van der Waals surface area contributed by atoms with Gasteiger partial charge in [0, 0.05) is 32.6 Å². The molecule has 0 spiro atoms. The maximum Gasteiger partial charge on any atom is 0.488 e. The van der Waals surface area contributed by atoms with Gasteiger partial charge in [0.1, 0.15) is 6.11 Å². The topological polar surface area (TPSA) is 130 Å². The first kappa shape index (κ1) is 55.4. The standard InChI is InChI=1S/C24H12O2.C17H25BrO2.C7H9BO2.C7H5BrO2/c1-3-4-5-6-7-8-9-12-19-26-24(25)22-17-15-21(16-18-22)23-14-11-10-13-20(23)2;1-2-3-4-5-6-7-8-9-14-20-17(19)15-10-12-16(18)13-11-15;1-6-4-2-3-5-7(6)8(9)10;8-6-3-1-5(2-4-6)7(9)10/h1,10-11,13-18H,2H3;10-13H,2-9,14H2,1H3;2-5,9-10H,1H3;1-4H,(H,9,10). The van der Waals surface area contributed by atoms with Crippen LogP contribution in [0.15, 0.2) is 130 Å². The number of esters is 2. The quantitative estimate of drug-likeness (QED) is 0.0434. The highest BCUT2D eigenvalue weighted by Gasteiger charge is 2.12. The van der Waals surface area contributed by atoms with Crippen LogP contribution < -0.4 is 5.46 Å². The number of carboxylic acids is 1. The highest BCUT2D eigenvalue weighted by Crippen LogP contribution is 2.23. The van der Waals surface area contributed by atoms with Gasteiger partial charge in [-0.25, -0.2) is 14.4 Å². The first-order chi connectivity index (χ1) is 31.9. The zero-order valence-electron chi connectivity index (χ0n) is 37.2. The Kier molecular flexibility index (Phi) is 28.3. The number of halogens is 2. The third-order valence-corrected chi connectivity index (χ3v) is 10.1. The van der Waals surface area contributed by atoms with Gasteiger partial charge < -0.3 is 24.6 Å². The molecule has 66 heavy (non-hydrogen) atoms. The fourth-order valence-electron chi connectivity index (χ4n) is 5.57. The number of rotatable bonds is 14. The van der Waals surface area contributed by atoms with Gasteiger partial charge in [0.2, 0.25) is 0 Å². The van der Waals surface area contributed by atoms with Gasteiger partial charge in [-0.2, -0.15) is 0 Å². The molecular weight excluding hydrogens is 959 g/mol. The van der Waals surface area contributed by atoms with Crippen molar-refractivity contribution in [3.05, 3.63) is 158 Å². The molecule has 0 aromatic heterocycles. The highest BCUT2D eigenvalue weighted by atomic mass is 79.9. The van der Waals surface area contributed by atoms with Crippen LogP contribution in [0.3, 0.4) is 0 Å². The second-order valence-corrected chi connectivity index (χ2v) is 15.9. The van der Waals surface area contributed by atoms with Gasteiger partial charge >= 0.3 is 25.0 Å². The van der Waals surface area contributed by atoms with Crippen molar-refractivity contribution in [2.45, 2.75) is 72.1 Å². The van der Waals surface area contributed by atoms with Crippen LogP contribution >= 0.6 is 31.9 Å². The number of benzene rings is 5. The predicted molar refractivity (Wildman–Crippen MR) is 271 cm³/mol. The number of ether oxygens (including phenoxy) is 2. The molecule has 5 aromatic rings. The lowest BCUT2D eigenvalue weighted by Crippen LogP contribution is -2.31. The van der Waals surface area contributed by atoms with E-state index in [0.717, 1.165) is 38.5 Å². The molecule has 336 valence electrons. The average Bonchev–Trinajstić information content (AvgIpc) is 3.31. The number of aryl methyl sites for hydroxylation is 2. The molecule has 0 heterocycles. The summed E-state index contributed by atoms with van der Waals surface area (Å²) in [6, 6.07) is 36.1. The van der Waals surface area contributed by atoms with Gasteiger partial charge in [-0.1, -0.05) is 150 Å². The Bertz CT molecular complexity index is 2590. The van der Waals surface area contributed by atoms with Crippen LogP contribution in [-0.4, -0.2) is 46.8 Å². The third kappa shape index (κ3) is 23.8. The molecule has 0 unspecified atom stereocenters. The number of carbonyl (C=O) groups excluding carboxylic acids is 2. The van der Waals surface area contributed by atoms with E-state index in [9.17, 15) is 14.4 Å². The number of terminal acetylenes is 1. The SMILES string of the molecule is C#CC#CC#CC#CC#COC(=O)c1ccc(-c2ccccc2C)cc1.CCCCCCCCCCOC(=O)c1ccc(Br)cc1.Cc1ccccc1B(O)O.O=C(O)c1ccc(Br)cc1. The van der Waals surface area contributed by atoms with Crippen molar-refractivity contribution >= 4 is 62.3 Å². The van der Waals surface area contributed by atoms with Crippen LogP contribution in [0, 0.1) is 73.7 Å². The Morgan fingerprint density at radius 3 is 1.56 bits per heavy atom. The fraction of sp³-hybridized carbons (Fsp3) is 0.218. The average molecular weight is 1010 g/mol. The van der Waals surface area contributed by atoms with E-state index < -0.39 is 19.1 Å². The van der Waals surface area contributed by atoms with Crippen LogP contribution in [0.5, 0.6) is 0 Å². The van der Waals surface area contributed by atoms with Crippen molar-refractivity contribution in [1.29, 1.82) is 0 Å². The van der Waals surface area contributed by atoms with Gasteiger partial charge in [-0.3, -0.25) is 0 Å². The molecule has 0 fully saturated rings. The summed E-state index contributed by atoms with van der Waals surface area (Å²) in [6.07, 6.45) is 17.2. The van der Waals surface area contributed by atoms with Crippen molar-refractivity contribution in [3.8, 4) is 71.0 Å². The van der Waals surface area contributed by atoms with Crippen molar-refractivity contribution in [1.82, 2.24) is 0 Å². The largest absolute Gasteiger partial charge is 0.488 e. The van der Waals surface area contributed by atoms with Crippen molar-refractivity contribution < 1.29 is 39.0 Å². The summed E-state index contributed by atoms with van der Waals surface area (Å²) in [6.45, 7) is 6.65. The first-order valence-corrected chi connectivity index (χ1v) is 22.6. The predicted octanol–water partition coefficient (Wildman–Crippen LogP) is 11.0. The minimum Gasteiger partial charge on any atom is -0.478 e. The summed E-state index contributed by atoms with van der Waals surface area (Å²) in [7, 11) is -1.35. The molecule has 3 N–H and O–H groups in total. The normalized spacial score (nSPS) is 9.12. The molecule has 5 aromatic carbocycles. The molecule has 0 atom stereocenters. The van der Waals surface area contributed by atoms with Crippen molar-refractivity contribution in [2.24, 2.45) is 0 Å². The van der Waals surface area contributed by atoms with E-state index >= 15 is 0 Å². The van der Waals surface area contributed by atoms with Gasteiger partial charge in [0.15, 0.2) is 0 Å². The highest BCUT2D eigenvalue weighted by molar-refractivity contribution is 9.10. The summed E-state index contributed by atoms with van der Waals surface area (Å²) < 4.78 is 12.0. The van der Waals surface area contributed by atoms with Gasteiger partial charge in [-0.15, -0.1) is 6.42 Å². The molecule has 0 radical (unpaired) electrons. The van der Waals surface area contributed by atoms with Gasteiger partial charge in [-0.05, 0) is 127 Å². The summed E-state index contributed by atoms with van der Waals surface area (Å²) in [5.41, 5.74) is 6.13. The molecule has 0 bridgehead atoms. The summed E-state index contributed by atoms with van der Waals surface area (Å²) in [4.78, 5) is 34.0.